The van der Waals surface area contributed by atoms with Gasteiger partial charge in [-0.1, -0.05) is 48.5 Å². The van der Waals surface area contributed by atoms with E-state index in [-0.39, 0.29) is 16.7 Å². The van der Waals surface area contributed by atoms with Crippen molar-refractivity contribution in [3.63, 3.8) is 0 Å². The molecule has 0 saturated heterocycles. The summed E-state index contributed by atoms with van der Waals surface area (Å²) in [6, 6.07) is 11.8. The first-order valence-electron chi connectivity index (χ1n) is 8.08. The van der Waals surface area contributed by atoms with Crippen molar-refractivity contribution in [1.29, 1.82) is 0 Å². The molecule has 3 unspecified atom stereocenters. The van der Waals surface area contributed by atoms with Gasteiger partial charge in [0.1, 0.15) is 0 Å². The zero-order valence-electron chi connectivity index (χ0n) is 14.2. The molecule has 0 bridgehead atoms. The maximum atomic E-state index is 6.78. The predicted octanol–water partition coefficient (Wildman–Crippen LogP) is 7.28. The first-order chi connectivity index (χ1) is 11.7. The van der Waals surface area contributed by atoms with Gasteiger partial charge in [0, 0.05) is 33.3 Å². The van der Waals surface area contributed by atoms with E-state index in [1.54, 1.807) is 6.08 Å². The Morgan fingerprint density at radius 3 is 2.56 bits per heavy atom. The molecular formula is C21H20Cl3N. The van der Waals surface area contributed by atoms with Gasteiger partial charge < -0.3 is 5.32 Å². The molecule has 4 heteroatoms. The van der Waals surface area contributed by atoms with E-state index >= 15 is 0 Å². The lowest BCUT2D eigenvalue weighted by Crippen LogP contribution is -2.05. The topological polar surface area (TPSA) is 12.0 Å². The van der Waals surface area contributed by atoms with Crippen LogP contribution in [0.15, 0.2) is 55.3 Å². The van der Waals surface area contributed by atoms with E-state index in [2.05, 4.69) is 24.5 Å². The van der Waals surface area contributed by atoms with E-state index in [1.807, 2.05) is 44.2 Å². The van der Waals surface area contributed by atoms with Crippen LogP contribution in [-0.4, -0.2) is 4.87 Å². The molecule has 0 aliphatic heterocycles. The summed E-state index contributed by atoms with van der Waals surface area (Å²) in [5.74, 6) is 0.299. The van der Waals surface area contributed by atoms with E-state index in [4.69, 9.17) is 34.8 Å². The number of hydrogen-bond donors (Lipinski definition) is 1. The molecule has 130 valence electrons. The third-order valence-electron chi connectivity index (χ3n) is 4.76. The van der Waals surface area contributed by atoms with Crippen LogP contribution in [0.3, 0.4) is 0 Å². The lowest BCUT2D eigenvalue weighted by molar-refractivity contribution is 0.899. The SMILES string of the molecule is C=Cc1cc(NC(=C)C2C(c3cc(C)cc(Cl)c3)C2(C)Cl)ccc1Cl. The zero-order valence-corrected chi connectivity index (χ0v) is 16.5. The van der Waals surface area contributed by atoms with E-state index in [9.17, 15) is 0 Å². The molecule has 3 rings (SSSR count). The van der Waals surface area contributed by atoms with Crippen LogP contribution in [0.5, 0.6) is 0 Å². The Bertz CT molecular complexity index is 834. The molecule has 3 atom stereocenters. The lowest BCUT2D eigenvalue weighted by atomic mass is 10.0. The summed E-state index contributed by atoms with van der Waals surface area (Å²) in [6.07, 6.45) is 1.73. The van der Waals surface area contributed by atoms with Crippen molar-refractivity contribution in [2.45, 2.75) is 24.6 Å². The van der Waals surface area contributed by atoms with Crippen molar-refractivity contribution >= 4 is 46.6 Å². The van der Waals surface area contributed by atoms with Gasteiger partial charge in [0.25, 0.3) is 0 Å². The Morgan fingerprint density at radius 1 is 1.20 bits per heavy atom. The summed E-state index contributed by atoms with van der Waals surface area (Å²) in [4.78, 5) is -0.380. The Hall–Kier alpha value is -1.41. The van der Waals surface area contributed by atoms with Crippen LogP contribution in [0.4, 0.5) is 5.69 Å². The number of benzene rings is 2. The quantitative estimate of drug-likeness (QED) is 0.527. The monoisotopic (exact) mass is 391 g/mol. The summed E-state index contributed by atoms with van der Waals surface area (Å²) in [7, 11) is 0. The van der Waals surface area contributed by atoms with Crippen molar-refractivity contribution in [3.8, 4) is 0 Å². The smallest absolute Gasteiger partial charge is 0.0582 e. The zero-order chi connectivity index (χ0) is 18.4. The number of nitrogens with one attached hydrogen (secondary N) is 1. The number of anilines is 1. The van der Waals surface area contributed by atoms with Crippen LogP contribution >= 0.6 is 34.8 Å². The summed E-state index contributed by atoms with van der Waals surface area (Å²) in [5.41, 5.74) is 4.97. The molecule has 0 radical (unpaired) electrons. The largest absolute Gasteiger partial charge is 0.359 e. The number of alkyl halides is 1. The van der Waals surface area contributed by atoms with Crippen LogP contribution in [0.1, 0.15) is 29.5 Å². The van der Waals surface area contributed by atoms with Crippen molar-refractivity contribution in [3.05, 3.63) is 82.0 Å². The van der Waals surface area contributed by atoms with Gasteiger partial charge in [-0.05, 0) is 60.9 Å². The van der Waals surface area contributed by atoms with Crippen LogP contribution in [-0.2, 0) is 0 Å². The summed E-state index contributed by atoms with van der Waals surface area (Å²) in [5, 5.41) is 4.78. The minimum atomic E-state index is -0.380. The van der Waals surface area contributed by atoms with Gasteiger partial charge in [0.15, 0.2) is 0 Å². The first kappa shape index (κ1) is 18.4. The fourth-order valence-electron chi connectivity index (χ4n) is 3.53. The van der Waals surface area contributed by atoms with Gasteiger partial charge in [0.2, 0.25) is 0 Å². The molecule has 1 aliphatic carbocycles. The van der Waals surface area contributed by atoms with Gasteiger partial charge in [-0.2, -0.15) is 0 Å². The minimum Gasteiger partial charge on any atom is -0.359 e. The Morgan fingerprint density at radius 2 is 1.92 bits per heavy atom. The molecule has 2 aromatic carbocycles. The summed E-state index contributed by atoms with van der Waals surface area (Å²) in [6.45, 7) is 12.1. The van der Waals surface area contributed by atoms with Crippen molar-refractivity contribution in [1.82, 2.24) is 0 Å². The van der Waals surface area contributed by atoms with Crippen molar-refractivity contribution < 1.29 is 0 Å². The van der Waals surface area contributed by atoms with Crippen molar-refractivity contribution in [2.75, 3.05) is 5.32 Å². The van der Waals surface area contributed by atoms with Crippen LogP contribution in [0.2, 0.25) is 10.0 Å². The van der Waals surface area contributed by atoms with Gasteiger partial charge in [-0.25, -0.2) is 0 Å². The number of aryl methyl sites for hydroxylation is 1. The predicted molar refractivity (Wildman–Crippen MR) is 111 cm³/mol. The molecule has 25 heavy (non-hydrogen) atoms. The maximum Gasteiger partial charge on any atom is 0.0582 e. The lowest BCUT2D eigenvalue weighted by Gasteiger charge is -2.12. The summed E-state index contributed by atoms with van der Waals surface area (Å²) < 4.78 is 0. The fraction of sp³-hybridized carbons (Fsp3) is 0.238. The molecule has 0 amide bonds. The van der Waals surface area contributed by atoms with Crippen LogP contribution in [0, 0.1) is 12.8 Å². The van der Waals surface area contributed by atoms with Crippen LogP contribution in [0.25, 0.3) is 6.08 Å². The van der Waals surface area contributed by atoms with Gasteiger partial charge in [0.05, 0.1) is 4.87 Å². The van der Waals surface area contributed by atoms with Gasteiger partial charge >= 0.3 is 0 Å². The molecule has 0 spiro atoms. The Labute approximate surface area is 164 Å². The van der Waals surface area contributed by atoms with E-state index in [0.717, 1.165) is 33.1 Å². The molecular weight excluding hydrogens is 373 g/mol. The highest BCUT2D eigenvalue weighted by atomic mass is 35.5. The highest BCUT2D eigenvalue weighted by Gasteiger charge is 2.62. The van der Waals surface area contributed by atoms with E-state index in [0.29, 0.717) is 5.02 Å². The average Bonchev–Trinajstić information content (AvgIpc) is 3.11. The molecule has 1 fully saturated rings. The highest BCUT2D eigenvalue weighted by molar-refractivity contribution is 6.32. The number of allylic oxidation sites excluding steroid dienone is 1. The first-order valence-corrected chi connectivity index (χ1v) is 9.21. The normalized spacial score (nSPS) is 24.7. The van der Waals surface area contributed by atoms with Gasteiger partial charge in [-0.3, -0.25) is 0 Å². The highest BCUT2D eigenvalue weighted by Crippen LogP contribution is 2.64. The molecule has 1 N–H and O–H groups in total. The van der Waals surface area contributed by atoms with E-state index < -0.39 is 0 Å². The number of halogens is 3. The minimum absolute atomic E-state index is 0.120. The molecule has 1 nitrogen and oxygen atoms in total. The van der Waals surface area contributed by atoms with Gasteiger partial charge in [-0.15, -0.1) is 11.6 Å². The second-order valence-corrected chi connectivity index (χ2v) is 8.42. The molecule has 1 saturated carbocycles. The molecule has 2 aromatic rings. The van der Waals surface area contributed by atoms with Crippen LogP contribution < -0.4 is 5.32 Å². The Kier molecular flexibility index (Phi) is 4.94. The average molecular weight is 393 g/mol. The summed E-state index contributed by atoms with van der Waals surface area (Å²) >= 11 is 19.1. The molecule has 1 aliphatic rings. The Balaban J connectivity index is 1.82. The van der Waals surface area contributed by atoms with Crippen molar-refractivity contribution in [2.24, 2.45) is 5.92 Å². The second-order valence-electron chi connectivity index (χ2n) is 6.76. The molecule has 0 aromatic heterocycles. The molecule has 0 heterocycles. The third kappa shape index (κ3) is 3.60. The number of rotatable bonds is 5. The fourth-order valence-corrected chi connectivity index (χ4v) is 4.47. The second kappa shape index (κ2) is 6.72. The number of hydrogen-bond acceptors (Lipinski definition) is 1. The third-order valence-corrected chi connectivity index (χ3v) is 5.79. The standard InChI is InChI=1S/C21H20Cl3N/c1-5-14-11-17(6-7-18(14)23)25-13(3)19-20(21(19,4)24)15-8-12(2)9-16(22)10-15/h5-11,19-20,25H,1,3H2,2,4H3. The van der Waals surface area contributed by atoms with E-state index in [1.165, 1.54) is 0 Å². The maximum absolute atomic E-state index is 6.78.